The summed E-state index contributed by atoms with van der Waals surface area (Å²) >= 11 is 0. The van der Waals surface area contributed by atoms with E-state index in [1.807, 2.05) is 6.92 Å². The van der Waals surface area contributed by atoms with Gasteiger partial charge in [0.15, 0.2) is 0 Å². The van der Waals surface area contributed by atoms with E-state index >= 15 is 0 Å². The lowest BCUT2D eigenvalue weighted by Crippen LogP contribution is -2.12. The van der Waals surface area contributed by atoms with Crippen LogP contribution < -0.4 is 4.74 Å². The quantitative estimate of drug-likeness (QED) is 0.727. The number of nitrogens with zero attached hydrogens (tertiary/aromatic N) is 1. The number of benzene rings is 1. The number of carbonyl (C=O) groups is 1. The molecule has 7 heteroatoms. The SMILES string of the molecule is CCOc1cccc2c(C(=O)c3cccc(C(F)(F)F)n3)c[nH]c12. The molecule has 24 heavy (non-hydrogen) atoms. The van der Waals surface area contributed by atoms with Crippen molar-refractivity contribution >= 4 is 16.7 Å². The van der Waals surface area contributed by atoms with Crippen LogP contribution in [0.4, 0.5) is 13.2 Å². The number of carbonyl (C=O) groups excluding carboxylic acids is 1. The molecule has 0 atom stereocenters. The average molecular weight is 334 g/mol. The standard InChI is InChI=1S/C17H13F3N2O2/c1-2-24-13-7-3-5-10-11(9-21-15(10)13)16(23)12-6-4-8-14(22-12)17(18,19)20/h3-9,21H,2H2,1H3. The number of halogens is 3. The molecule has 4 nitrogen and oxygen atoms in total. The van der Waals surface area contributed by atoms with E-state index in [9.17, 15) is 18.0 Å². The van der Waals surface area contributed by atoms with Crippen LogP contribution in [-0.2, 0) is 6.18 Å². The largest absolute Gasteiger partial charge is 0.492 e. The van der Waals surface area contributed by atoms with Gasteiger partial charge < -0.3 is 9.72 Å². The predicted molar refractivity (Wildman–Crippen MR) is 82.1 cm³/mol. The molecule has 0 amide bonds. The molecule has 2 aromatic heterocycles. The normalized spacial score (nSPS) is 11.7. The Labute approximate surface area is 135 Å². The molecule has 0 saturated heterocycles. The van der Waals surface area contributed by atoms with Crippen LogP contribution in [0.3, 0.4) is 0 Å². The van der Waals surface area contributed by atoms with Crippen molar-refractivity contribution in [1.82, 2.24) is 9.97 Å². The molecule has 0 unspecified atom stereocenters. The first-order valence-corrected chi connectivity index (χ1v) is 7.23. The fourth-order valence-electron chi connectivity index (χ4n) is 2.45. The maximum absolute atomic E-state index is 12.8. The van der Waals surface area contributed by atoms with Crippen molar-refractivity contribution in [1.29, 1.82) is 0 Å². The molecule has 0 fully saturated rings. The van der Waals surface area contributed by atoms with E-state index in [1.165, 1.54) is 18.3 Å². The zero-order chi connectivity index (χ0) is 17.3. The molecule has 0 bridgehead atoms. The Morgan fingerprint density at radius 1 is 1.21 bits per heavy atom. The first-order chi connectivity index (χ1) is 11.4. The number of fused-ring (bicyclic) bond motifs is 1. The Balaban J connectivity index is 2.05. The Bertz CT molecular complexity index is 900. The zero-order valence-corrected chi connectivity index (χ0v) is 12.6. The topological polar surface area (TPSA) is 55.0 Å². The number of aromatic amines is 1. The molecule has 0 aliphatic heterocycles. The highest BCUT2D eigenvalue weighted by molar-refractivity contribution is 6.16. The number of hydrogen-bond acceptors (Lipinski definition) is 3. The lowest BCUT2D eigenvalue weighted by molar-refractivity contribution is -0.141. The van der Waals surface area contributed by atoms with E-state index in [4.69, 9.17) is 4.74 Å². The molecule has 3 rings (SSSR count). The fourth-order valence-corrected chi connectivity index (χ4v) is 2.45. The molecule has 1 N–H and O–H groups in total. The summed E-state index contributed by atoms with van der Waals surface area (Å²) in [6, 6.07) is 8.44. The first-order valence-electron chi connectivity index (χ1n) is 7.23. The maximum Gasteiger partial charge on any atom is 0.433 e. The highest BCUT2D eigenvalue weighted by Crippen LogP contribution is 2.30. The highest BCUT2D eigenvalue weighted by Gasteiger charge is 2.33. The van der Waals surface area contributed by atoms with E-state index < -0.39 is 17.7 Å². The number of alkyl halides is 3. The van der Waals surface area contributed by atoms with Crippen molar-refractivity contribution in [2.24, 2.45) is 0 Å². The van der Waals surface area contributed by atoms with Gasteiger partial charge in [-0.3, -0.25) is 4.79 Å². The molecular weight excluding hydrogens is 321 g/mol. The molecule has 1 aromatic carbocycles. The van der Waals surface area contributed by atoms with Crippen LogP contribution in [-0.4, -0.2) is 22.4 Å². The van der Waals surface area contributed by atoms with Crippen LogP contribution in [0.5, 0.6) is 5.75 Å². The summed E-state index contributed by atoms with van der Waals surface area (Å²) in [5, 5.41) is 0.574. The summed E-state index contributed by atoms with van der Waals surface area (Å²) in [5.41, 5.74) is -0.483. The number of aromatic nitrogens is 2. The van der Waals surface area contributed by atoms with Crippen molar-refractivity contribution < 1.29 is 22.7 Å². The van der Waals surface area contributed by atoms with Gasteiger partial charge in [-0.25, -0.2) is 4.98 Å². The van der Waals surface area contributed by atoms with Crippen LogP contribution in [0.1, 0.15) is 28.7 Å². The van der Waals surface area contributed by atoms with E-state index in [1.54, 1.807) is 18.2 Å². The Hall–Kier alpha value is -2.83. The molecule has 0 spiro atoms. The summed E-state index contributed by atoms with van der Waals surface area (Å²) < 4.78 is 43.8. The third-order valence-corrected chi connectivity index (χ3v) is 3.49. The van der Waals surface area contributed by atoms with Gasteiger partial charge in [-0.2, -0.15) is 13.2 Å². The second kappa shape index (κ2) is 5.99. The van der Waals surface area contributed by atoms with Gasteiger partial charge in [0.25, 0.3) is 0 Å². The molecule has 0 radical (unpaired) electrons. The number of para-hydroxylation sites is 1. The zero-order valence-electron chi connectivity index (χ0n) is 12.6. The van der Waals surface area contributed by atoms with Crippen LogP contribution in [0.15, 0.2) is 42.6 Å². The van der Waals surface area contributed by atoms with Gasteiger partial charge >= 0.3 is 6.18 Å². The number of pyridine rings is 1. The monoisotopic (exact) mass is 334 g/mol. The molecule has 3 aromatic rings. The minimum atomic E-state index is -4.60. The molecule has 0 aliphatic rings. The molecular formula is C17H13F3N2O2. The number of hydrogen-bond donors (Lipinski definition) is 1. The van der Waals surface area contributed by atoms with Crippen molar-refractivity contribution in [3.05, 3.63) is 59.5 Å². The Morgan fingerprint density at radius 3 is 2.67 bits per heavy atom. The van der Waals surface area contributed by atoms with Gasteiger partial charge in [-0.1, -0.05) is 18.2 Å². The Kier molecular flexibility index (Phi) is 4.01. The van der Waals surface area contributed by atoms with Crippen molar-refractivity contribution in [3.8, 4) is 5.75 Å². The van der Waals surface area contributed by atoms with Gasteiger partial charge in [-0.15, -0.1) is 0 Å². The Morgan fingerprint density at radius 2 is 1.96 bits per heavy atom. The average Bonchev–Trinajstić information content (AvgIpc) is 2.99. The van der Waals surface area contributed by atoms with Crippen LogP contribution in [0, 0.1) is 0 Å². The van der Waals surface area contributed by atoms with E-state index in [0.29, 0.717) is 23.3 Å². The minimum absolute atomic E-state index is 0.248. The van der Waals surface area contributed by atoms with Crippen molar-refractivity contribution in [2.45, 2.75) is 13.1 Å². The first kappa shape index (κ1) is 16.0. The third-order valence-electron chi connectivity index (χ3n) is 3.49. The predicted octanol–water partition coefficient (Wildman–Crippen LogP) is 4.21. The molecule has 0 saturated carbocycles. The van der Waals surface area contributed by atoms with Gasteiger partial charge in [0.2, 0.25) is 5.78 Å². The number of H-pyrrole nitrogens is 1. The summed E-state index contributed by atoms with van der Waals surface area (Å²) in [4.78, 5) is 19.0. The van der Waals surface area contributed by atoms with Crippen LogP contribution in [0.2, 0.25) is 0 Å². The fraction of sp³-hybridized carbons (Fsp3) is 0.176. The molecule has 2 heterocycles. The minimum Gasteiger partial charge on any atom is -0.492 e. The summed E-state index contributed by atoms with van der Waals surface area (Å²) in [6.45, 7) is 2.29. The lowest BCUT2D eigenvalue weighted by Gasteiger charge is -2.07. The van der Waals surface area contributed by atoms with Crippen molar-refractivity contribution in [2.75, 3.05) is 6.61 Å². The smallest absolute Gasteiger partial charge is 0.433 e. The number of rotatable bonds is 4. The maximum atomic E-state index is 12.8. The van der Waals surface area contributed by atoms with Gasteiger partial charge in [0, 0.05) is 17.1 Å². The van der Waals surface area contributed by atoms with Crippen molar-refractivity contribution in [3.63, 3.8) is 0 Å². The summed E-state index contributed by atoms with van der Waals surface area (Å²) in [6.07, 6.45) is -3.14. The lowest BCUT2D eigenvalue weighted by atomic mass is 10.1. The summed E-state index contributed by atoms with van der Waals surface area (Å²) in [7, 11) is 0. The number of ketones is 1. The summed E-state index contributed by atoms with van der Waals surface area (Å²) in [5.74, 6) is -0.00736. The van der Waals surface area contributed by atoms with Crippen LogP contribution in [0.25, 0.3) is 10.9 Å². The number of ether oxygens (including phenoxy) is 1. The van der Waals surface area contributed by atoms with Crippen LogP contribution >= 0.6 is 0 Å². The second-order valence-corrected chi connectivity index (χ2v) is 5.05. The van der Waals surface area contributed by atoms with E-state index in [-0.39, 0.29) is 11.3 Å². The van der Waals surface area contributed by atoms with Gasteiger partial charge in [-0.05, 0) is 25.1 Å². The molecule has 124 valence electrons. The molecule has 0 aliphatic carbocycles. The van der Waals surface area contributed by atoms with Gasteiger partial charge in [0.1, 0.15) is 17.1 Å². The van der Waals surface area contributed by atoms with Gasteiger partial charge in [0.05, 0.1) is 12.1 Å². The second-order valence-electron chi connectivity index (χ2n) is 5.05. The van der Waals surface area contributed by atoms with E-state index in [0.717, 1.165) is 6.07 Å². The third kappa shape index (κ3) is 2.84. The van der Waals surface area contributed by atoms with E-state index in [2.05, 4.69) is 9.97 Å². The highest BCUT2D eigenvalue weighted by atomic mass is 19.4. The number of nitrogens with one attached hydrogen (secondary N) is 1.